The van der Waals surface area contributed by atoms with Gasteiger partial charge in [-0.15, -0.1) is 0 Å². The molecule has 0 bridgehead atoms. The Balaban J connectivity index is 2.26. The van der Waals surface area contributed by atoms with Gasteiger partial charge in [0.1, 0.15) is 0 Å². The zero-order valence-corrected chi connectivity index (χ0v) is 18.3. The van der Waals surface area contributed by atoms with Crippen LogP contribution in [-0.2, 0) is 9.59 Å². The summed E-state index contributed by atoms with van der Waals surface area (Å²) < 4.78 is 10.7. The summed E-state index contributed by atoms with van der Waals surface area (Å²) in [6.07, 6.45) is 0. The quantitative estimate of drug-likeness (QED) is 0.714. The minimum Gasteiger partial charge on any atom is -0.503 e. The van der Waals surface area contributed by atoms with Gasteiger partial charge in [-0.25, -0.2) is 0 Å². The molecule has 0 radical (unpaired) electrons. The van der Waals surface area contributed by atoms with E-state index in [1.165, 1.54) is 19.1 Å². The third-order valence-electron chi connectivity index (χ3n) is 5.15. The summed E-state index contributed by atoms with van der Waals surface area (Å²) in [5, 5.41) is 11.1. The number of benzene rings is 2. The number of nitrogens with zero attached hydrogens (tertiary/aromatic N) is 1. The van der Waals surface area contributed by atoms with E-state index < -0.39 is 23.6 Å². The molecule has 0 saturated carbocycles. The molecule has 1 amide bonds. The SMILES string of the molecule is COc1ccc(C2C(C(=O)C(C)C)=C(O)C(=O)N2c2cc(Cl)ccc2C)cc1OC. The molecule has 1 aliphatic rings. The van der Waals surface area contributed by atoms with Crippen molar-refractivity contribution in [2.24, 2.45) is 5.92 Å². The average molecular weight is 430 g/mol. The van der Waals surface area contributed by atoms with E-state index in [-0.39, 0.29) is 11.4 Å². The highest BCUT2D eigenvalue weighted by Gasteiger charge is 2.45. The van der Waals surface area contributed by atoms with Crippen molar-refractivity contribution in [2.45, 2.75) is 26.8 Å². The van der Waals surface area contributed by atoms with E-state index in [9.17, 15) is 14.7 Å². The standard InChI is InChI=1S/C23H24ClNO5/c1-12(2)21(26)19-20(14-7-9-17(29-4)18(10-14)30-5)25(23(28)22(19)27)16-11-15(24)8-6-13(16)3/h6-12,20,27H,1-5H3. The van der Waals surface area contributed by atoms with Gasteiger partial charge in [0, 0.05) is 16.6 Å². The first-order valence-corrected chi connectivity index (χ1v) is 9.88. The molecule has 1 N–H and O–H groups in total. The van der Waals surface area contributed by atoms with E-state index in [2.05, 4.69) is 0 Å². The molecule has 0 saturated heterocycles. The molecule has 0 aliphatic carbocycles. The first kappa shape index (κ1) is 21.7. The van der Waals surface area contributed by atoms with Gasteiger partial charge in [-0.3, -0.25) is 14.5 Å². The summed E-state index contributed by atoms with van der Waals surface area (Å²) in [5.74, 6) is -0.938. The second kappa shape index (κ2) is 8.40. The molecular weight excluding hydrogens is 406 g/mol. The number of Topliss-reactive ketones (excluding diaryl/α,β-unsaturated/α-hetero) is 1. The number of hydrogen-bond acceptors (Lipinski definition) is 5. The fourth-order valence-corrected chi connectivity index (χ4v) is 3.76. The summed E-state index contributed by atoms with van der Waals surface area (Å²) in [4.78, 5) is 27.6. The van der Waals surface area contributed by atoms with Crippen LogP contribution in [0.15, 0.2) is 47.7 Å². The highest BCUT2D eigenvalue weighted by atomic mass is 35.5. The number of halogens is 1. The first-order valence-electron chi connectivity index (χ1n) is 9.50. The molecule has 1 unspecified atom stereocenters. The number of anilines is 1. The van der Waals surface area contributed by atoms with Crippen molar-refractivity contribution in [3.05, 3.63) is 63.9 Å². The highest BCUT2D eigenvalue weighted by Crippen LogP contribution is 2.45. The molecule has 7 heteroatoms. The molecule has 0 spiro atoms. The van der Waals surface area contributed by atoms with Gasteiger partial charge in [-0.05, 0) is 42.3 Å². The fourth-order valence-electron chi connectivity index (χ4n) is 3.60. The van der Waals surface area contributed by atoms with Crippen LogP contribution in [0.3, 0.4) is 0 Å². The molecule has 1 atom stereocenters. The number of aliphatic hydroxyl groups excluding tert-OH is 1. The number of carbonyl (C=O) groups is 2. The van der Waals surface area contributed by atoms with E-state index in [4.69, 9.17) is 21.1 Å². The Labute approximate surface area is 180 Å². The Bertz CT molecular complexity index is 1040. The normalized spacial score (nSPS) is 16.4. The summed E-state index contributed by atoms with van der Waals surface area (Å²) in [7, 11) is 3.03. The van der Waals surface area contributed by atoms with Crippen molar-refractivity contribution in [2.75, 3.05) is 19.1 Å². The number of ketones is 1. The van der Waals surface area contributed by atoms with Gasteiger partial charge >= 0.3 is 0 Å². The second-order valence-electron chi connectivity index (χ2n) is 7.40. The third-order valence-corrected chi connectivity index (χ3v) is 5.39. The van der Waals surface area contributed by atoms with Gasteiger partial charge in [0.05, 0.1) is 25.8 Å². The van der Waals surface area contributed by atoms with Gasteiger partial charge in [0.2, 0.25) is 0 Å². The largest absolute Gasteiger partial charge is 0.503 e. The van der Waals surface area contributed by atoms with Crippen molar-refractivity contribution in [3.8, 4) is 11.5 Å². The van der Waals surface area contributed by atoms with E-state index in [0.717, 1.165) is 5.56 Å². The maximum absolute atomic E-state index is 13.1. The second-order valence-corrected chi connectivity index (χ2v) is 7.84. The van der Waals surface area contributed by atoms with Crippen LogP contribution in [0.5, 0.6) is 11.5 Å². The summed E-state index contributed by atoms with van der Waals surface area (Å²) in [6.45, 7) is 5.29. The van der Waals surface area contributed by atoms with Crippen LogP contribution in [0, 0.1) is 12.8 Å². The van der Waals surface area contributed by atoms with Crippen molar-refractivity contribution in [3.63, 3.8) is 0 Å². The van der Waals surface area contributed by atoms with Gasteiger partial charge in [-0.1, -0.05) is 37.6 Å². The molecule has 3 rings (SSSR count). The van der Waals surface area contributed by atoms with E-state index >= 15 is 0 Å². The topological polar surface area (TPSA) is 76.1 Å². The lowest BCUT2D eigenvalue weighted by molar-refractivity contribution is -0.119. The number of hydrogen-bond donors (Lipinski definition) is 1. The molecular formula is C23H24ClNO5. The number of aryl methyl sites for hydroxylation is 1. The Hall–Kier alpha value is -2.99. The first-order chi connectivity index (χ1) is 14.2. The van der Waals surface area contributed by atoms with Crippen LogP contribution in [0.4, 0.5) is 5.69 Å². The summed E-state index contributed by atoms with van der Waals surface area (Å²) in [6, 6.07) is 9.49. The lowest BCUT2D eigenvalue weighted by Gasteiger charge is -2.29. The van der Waals surface area contributed by atoms with Crippen LogP contribution in [-0.4, -0.2) is 31.0 Å². The van der Waals surface area contributed by atoms with Crippen molar-refractivity contribution < 1.29 is 24.2 Å². The number of aliphatic hydroxyl groups is 1. The average Bonchev–Trinajstić information content (AvgIpc) is 2.99. The third kappa shape index (κ3) is 3.63. The number of ether oxygens (including phenoxy) is 2. The van der Waals surface area contributed by atoms with Gasteiger partial charge < -0.3 is 14.6 Å². The number of amides is 1. The van der Waals surface area contributed by atoms with Gasteiger partial charge in [0.15, 0.2) is 23.0 Å². The van der Waals surface area contributed by atoms with Crippen LogP contribution >= 0.6 is 11.6 Å². The van der Waals surface area contributed by atoms with E-state index in [0.29, 0.717) is 27.8 Å². The Morgan fingerprint density at radius 3 is 2.37 bits per heavy atom. The minimum atomic E-state index is -0.829. The molecule has 30 heavy (non-hydrogen) atoms. The van der Waals surface area contributed by atoms with Crippen LogP contribution < -0.4 is 14.4 Å². The maximum atomic E-state index is 13.1. The lowest BCUT2D eigenvalue weighted by Crippen LogP contribution is -2.32. The van der Waals surface area contributed by atoms with Crippen LogP contribution in [0.25, 0.3) is 0 Å². The fraction of sp³-hybridized carbons (Fsp3) is 0.304. The Morgan fingerprint density at radius 2 is 1.77 bits per heavy atom. The maximum Gasteiger partial charge on any atom is 0.294 e. The summed E-state index contributed by atoms with van der Waals surface area (Å²) >= 11 is 6.19. The zero-order valence-electron chi connectivity index (χ0n) is 17.5. The van der Waals surface area contributed by atoms with Crippen LogP contribution in [0.2, 0.25) is 5.02 Å². The molecule has 2 aromatic carbocycles. The van der Waals surface area contributed by atoms with Gasteiger partial charge in [-0.2, -0.15) is 0 Å². The lowest BCUT2D eigenvalue weighted by atomic mass is 9.90. The Morgan fingerprint density at radius 1 is 1.10 bits per heavy atom. The molecule has 6 nitrogen and oxygen atoms in total. The van der Waals surface area contributed by atoms with Crippen molar-refractivity contribution in [1.82, 2.24) is 0 Å². The minimum absolute atomic E-state index is 0.0570. The molecule has 0 fully saturated rings. The molecule has 1 aliphatic heterocycles. The van der Waals surface area contributed by atoms with Gasteiger partial charge in [0.25, 0.3) is 5.91 Å². The predicted octanol–water partition coefficient (Wildman–Crippen LogP) is 4.79. The highest BCUT2D eigenvalue weighted by molar-refractivity contribution is 6.31. The predicted molar refractivity (Wildman–Crippen MR) is 115 cm³/mol. The number of rotatable bonds is 6. The Kier molecular flexibility index (Phi) is 6.08. The van der Waals surface area contributed by atoms with Crippen LogP contribution in [0.1, 0.15) is 31.0 Å². The molecule has 2 aromatic rings. The molecule has 0 aromatic heterocycles. The van der Waals surface area contributed by atoms with Crippen molar-refractivity contribution >= 4 is 29.0 Å². The summed E-state index contributed by atoms with van der Waals surface area (Å²) in [5.41, 5.74) is 1.96. The smallest absolute Gasteiger partial charge is 0.294 e. The van der Waals surface area contributed by atoms with Crippen molar-refractivity contribution in [1.29, 1.82) is 0 Å². The monoisotopic (exact) mass is 429 g/mol. The molecule has 158 valence electrons. The van der Waals surface area contributed by atoms with E-state index in [1.54, 1.807) is 50.2 Å². The molecule has 1 heterocycles. The van der Waals surface area contributed by atoms with E-state index in [1.807, 2.05) is 6.92 Å². The number of methoxy groups -OCH3 is 2. The number of carbonyl (C=O) groups excluding carboxylic acids is 2. The zero-order chi connectivity index (χ0) is 22.2.